The molecule has 1 aromatic carbocycles. The summed E-state index contributed by atoms with van der Waals surface area (Å²) >= 11 is 0. The van der Waals surface area contributed by atoms with Gasteiger partial charge in [0.25, 0.3) is 11.8 Å². The van der Waals surface area contributed by atoms with Gasteiger partial charge in [0.05, 0.1) is 12.7 Å². The summed E-state index contributed by atoms with van der Waals surface area (Å²) in [5, 5.41) is 7.33. The van der Waals surface area contributed by atoms with E-state index >= 15 is 0 Å². The summed E-state index contributed by atoms with van der Waals surface area (Å²) in [6.45, 7) is 2.76. The first-order valence-corrected chi connectivity index (χ1v) is 8.03. The lowest BCUT2D eigenvalue weighted by molar-refractivity contribution is -0.147. The quantitative estimate of drug-likeness (QED) is 0.512. The van der Waals surface area contributed by atoms with Crippen LogP contribution in [-0.2, 0) is 19.1 Å². The van der Waals surface area contributed by atoms with E-state index < -0.39 is 37.0 Å². The van der Waals surface area contributed by atoms with Crippen molar-refractivity contribution in [3.8, 4) is 5.75 Å². The van der Waals surface area contributed by atoms with Crippen molar-refractivity contribution in [1.82, 2.24) is 16.0 Å². The van der Waals surface area contributed by atoms with E-state index in [1.807, 2.05) is 0 Å². The Morgan fingerprint density at radius 2 is 1.81 bits per heavy atom. The number of hydrogen-bond acceptors (Lipinski definition) is 6. The number of carbonyl (C=O) groups excluding carboxylic acids is 4. The maximum atomic E-state index is 12.0. The number of amides is 3. The van der Waals surface area contributed by atoms with Crippen molar-refractivity contribution in [2.24, 2.45) is 0 Å². The summed E-state index contributed by atoms with van der Waals surface area (Å²) in [7, 11) is 1.43. The van der Waals surface area contributed by atoms with E-state index in [9.17, 15) is 19.2 Å². The van der Waals surface area contributed by atoms with Crippen molar-refractivity contribution in [3.63, 3.8) is 0 Å². The van der Waals surface area contributed by atoms with Crippen molar-refractivity contribution >= 4 is 23.7 Å². The van der Waals surface area contributed by atoms with Crippen LogP contribution in [0.3, 0.4) is 0 Å². The molecule has 3 amide bonds. The number of hydrogen-bond donors (Lipinski definition) is 3. The smallest absolute Gasteiger partial charge is 0.325 e. The van der Waals surface area contributed by atoms with Crippen LogP contribution in [0.15, 0.2) is 24.3 Å². The lowest BCUT2D eigenvalue weighted by Crippen LogP contribution is -2.46. The van der Waals surface area contributed by atoms with Crippen LogP contribution in [0.1, 0.15) is 24.2 Å². The number of para-hydroxylation sites is 1. The van der Waals surface area contributed by atoms with Gasteiger partial charge in [0.2, 0.25) is 5.91 Å². The highest BCUT2D eigenvalue weighted by atomic mass is 16.5. The minimum atomic E-state index is -0.783. The maximum Gasteiger partial charge on any atom is 0.325 e. The number of methoxy groups -OCH3 is 1. The number of nitrogens with one attached hydrogen (secondary N) is 3. The van der Waals surface area contributed by atoms with Gasteiger partial charge in [-0.15, -0.1) is 0 Å². The molecule has 0 aromatic heterocycles. The molecule has 0 saturated heterocycles. The lowest BCUT2D eigenvalue weighted by Gasteiger charge is -2.13. The molecule has 0 bridgehead atoms. The fourth-order valence-electron chi connectivity index (χ4n) is 1.95. The Morgan fingerprint density at radius 1 is 1.12 bits per heavy atom. The zero-order valence-corrected chi connectivity index (χ0v) is 15.0. The second kappa shape index (κ2) is 10.7. The van der Waals surface area contributed by atoms with Gasteiger partial charge in [-0.3, -0.25) is 19.2 Å². The predicted molar refractivity (Wildman–Crippen MR) is 92.6 cm³/mol. The van der Waals surface area contributed by atoms with Gasteiger partial charge in [-0.2, -0.15) is 0 Å². The average molecular weight is 365 g/mol. The molecule has 0 aliphatic heterocycles. The molecule has 0 unspecified atom stereocenters. The molecule has 9 nitrogen and oxygen atoms in total. The van der Waals surface area contributed by atoms with Crippen LogP contribution in [0, 0.1) is 0 Å². The van der Waals surface area contributed by atoms with Crippen LogP contribution < -0.4 is 20.7 Å². The minimum absolute atomic E-state index is 0.274. The van der Waals surface area contributed by atoms with Crippen molar-refractivity contribution in [2.75, 3.05) is 26.8 Å². The predicted octanol–water partition coefficient (Wildman–Crippen LogP) is -0.391. The van der Waals surface area contributed by atoms with Gasteiger partial charge in [0.15, 0.2) is 6.61 Å². The molecule has 0 fully saturated rings. The molecule has 0 aliphatic carbocycles. The van der Waals surface area contributed by atoms with Crippen LogP contribution in [0.4, 0.5) is 0 Å². The van der Waals surface area contributed by atoms with Gasteiger partial charge >= 0.3 is 5.97 Å². The normalized spacial score (nSPS) is 11.0. The molecule has 0 radical (unpaired) electrons. The number of esters is 1. The Kier molecular flexibility index (Phi) is 8.62. The van der Waals surface area contributed by atoms with Crippen LogP contribution in [0.25, 0.3) is 0 Å². The Morgan fingerprint density at radius 3 is 2.46 bits per heavy atom. The third kappa shape index (κ3) is 6.80. The Bertz CT molecular complexity index is 662. The summed E-state index contributed by atoms with van der Waals surface area (Å²) in [6, 6.07) is 5.80. The van der Waals surface area contributed by atoms with E-state index in [2.05, 4.69) is 16.0 Å². The van der Waals surface area contributed by atoms with Gasteiger partial charge in [-0.25, -0.2) is 0 Å². The first kappa shape index (κ1) is 20.9. The third-order valence-corrected chi connectivity index (χ3v) is 3.23. The van der Waals surface area contributed by atoms with Crippen molar-refractivity contribution in [3.05, 3.63) is 29.8 Å². The molecule has 3 N–H and O–H groups in total. The van der Waals surface area contributed by atoms with Crippen molar-refractivity contribution in [2.45, 2.75) is 19.9 Å². The molecule has 1 atom stereocenters. The molecule has 0 aliphatic rings. The van der Waals surface area contributed by atoms with E-state index in [-0.39, 0.29) is 11.5 Å². The highest BCUT2D eigenvalue weighted by Crippen LogP contribution is 2.16. The standard InChI is InChI=1S/C17H23N3O6/c1-4-18-16(23)11(2)20-14(21)10-26-15(22)9-19-17(24)12-7-5-6-8-13(12)25-3/h5-8,11H,4,9-10H2,1-3H3,(H,18,23)(H,19,24)(H,20,21)/t11-/m1/s1. The monoisotopic (exact) mass is 365 g/mol. The second-order valence-electron chi connectivity index (χ2n) is 5.23. The van der Waals surface area contributed by atoms with E-state index in [0.29, 0.717) is 12.3 Å². The van der Waals surface area contributed by atoms with Crippen LogP contribution >= 0.6 is 0 Å². The number of ether oxygens (including phenoxy) is 2. The van der Waals surface area contributed by atoms with Crippen molar-refractivity contribution in [1.29, 1.82) is 0 Å². The SMILES string of the molecule is CCNC(=O)[C@@H](C)NC(=O)COC(=O)CNC(=O)c1ccccc1OC. The number of likely N-dealkylation sites (N-methyl/N-ethyl adjacent to an activating group) is 1. The highest BCUT2D eigenvalue weighted by Gasteiger charge is 2.17. The maximum absolute atomic E-state index is 12.0. The Balaban J connectivity index is 2.37. The molecule has 1 aromatic rings. The first-order valence-electron chi connectivity index (χ1n) is 8.03. The van der Waals surface area contributed by atoms with E-state index in [1.165, 1.54) is 14.0 Å². The zero-order chi connectivity index (χ0) is 19.5. The molecule has 26 heavy (non-hydrogen) atoms. The Labute approximate surface area is 151 Å². The van der Waals surface area contributed by atoms with Gasteiger partial charge < -0.3 is 25.4 Å². The second-order valence-corrected chi connectivity index (χ2v) is 5.23. The van der Waals surface area contributed by atoms with Gasteiger partial charge in [0, 0.05) is 6.54 Å². The van der Waals surface area contributed by atoms with E-state index in [1.54, 1.807) is 31.2 Å². The first-order chi connectivity index (χ1) is 12.4. The van der Waals surface area contributed by atoms with Crippen LogP contribution in [-0.4, -0.2) is 56.5 Å². The van der Waals surface area contributed by atoms with E-state index in [0.717, 1.165) is 0 Å². The molecule has 0 heterocycles. The third-order valence-electron chi connectivity index (χ3n) is 3.23. The van der Waals surface area contributed by atoms with Gasteiger partial charge in [-0.1, -0.05) is 12.1 Å². The molecular weight excluding hydrogens is 342 g/mol. The van der Waals surface area contributed by atoms with Crippen molar-refractivity contribution < 1.29 is 28.7 Å². The largest absolute Gasteiger partial charge is 0.496 e. The number of benzene rings is 1. The zero-order valence-electron chi connectivity index (χ0n) is 15.0. The summed E-state index contributed by atoms with van der Waals surface area (Å²) in [5.74, 6) is -1.87. The fraction of sp³-hybridized carbons (Fsp3) is 0.412. The Hall–Kier alpha value is -3.10. The van der Waals surface area contributed by atoms with Gasteiger partial charge in [0.1, 0.15) is 18.3 Å². The van der Waals surface area contributed by atoms with Gasteiger partial charge in [-0.05, 0) is 26.0 Å². The summed E-state index contributed by atoms with van der Waals surface area (Å²) < 4.78 is 9.82. The minimum Gasteiger partial charge on any atom is -0.496 e. The van der Waals surface area contributed by atoms with Crippen LogP contribution in [0.5, 0.6) is 5.75 Å². The molecular formula is C17H23N3O6. The summed E-state index contributed by atoms with van der Waals surface area (Å²) in [5.41, 5.74) is 0.274. The summed E-state index contributed by atoms with van der Waals surface area (Å²) in [4.78, 5) is 46.8. The fourth-order valence-corrected chi connectivity index (χ4v) is 1.95. The van der Waals surface area contributed by atoms with Crippen LogP contribution in [0.2, 0.25) is 0 Å². The number of carbonyl (C=O) groups is 4. The molecule has 9 heteroatoms. The number of rotatable bonds is 9. The molecule has 0 spiro atoms. The summed E-state index contributed by atoms with van der Waals surface area (Å²) in [6.07, 6.45) is 0. The lowest BCUT2D eigenvalue weighted by atomic mass is 10.2. The van der Waals surface area contributed by atoms with E-state index in [4.69, 9.17) is 9.47 Å². The average Bonchev–Trinajstić information content (AvgIpc) is 2.64. The molecule has 142 valence electrons. The molecule has 0 saturated carbocycles. The highest BCUT2D eigenvalue weighted by molar-refractivity contribution is 5.98. The topological polar surface area (TPSA) is 123 Å². The molecule has 1 rings (SSSR count).